The van der Waals surface area contributed by atoms with Crippen molar-refractivity contribution in [3.8, 4) is 11.5 Å². The maximum Gasteiger partial charge on any atom is 0.258 e. The maximum absolute atomic E-state index is 5.97. The Kier molecular flexibility index (Phi) is 4.39. The normalized spacial score (nSPS) is 12.6. The molecule has 1 heterocycles. The van der Waals surface area contributed by atoms with E-state index in [2.05, 4.69) is 17.1 Å². The summed E-state index contributed by atoms with van der Waals surface area (Å²) in [5.74, 6) is 0.961. The SMILES string of the molecule is CCCC(OC)c1noc(-c2ccc(N)c(Cl)c2)n1. The fraction of sp³-hybridized carbons (Fsp3) is 0.385. The van der Waals surface area contributed by atoms with Crippen LogP contribution >= 0.6 is 11.6 Å². The minimum absolute atomic E-state index is 0.147. The highest BCUT2D eigenvalue weighted by Crippen LogP contribution is 2.27. The lowest BCUT2D eigenvalue weighted by Crippen LogP contribution is -2.03. The van der Waals surface area contributed by atoms with Crippen LogP contribution in [-0.2, 0) is 4.74 Å². The Morgan fingerprint density at radius 1 is 1.47 bits per heavy atom. The molecular formula is C13H16ClN3O2. The van der Waals surface area contributed by atoms with Crippen molar-refractivity contribution in [1.82, 2.24) is 10.1 Å². The summed E-state index contributed by atoms with van der Waals surface area (Å²) in [6.45, 7) is 2.08. The zero-order valence-electron chi connectivity index (χ0n) is 10.9. The molecule has 19 heavy (non-hydrogen) atoms. The lowest BCUT2D eigenvalue weighted by atomic mass is 10.2. The van der Waals surface area contributed by atoms with Gasteiger partial charge in [0.2, 0.25) is 5.82 Å². The van der Waals surface area contributed by atoms with Gasteiger partial charge in [0.25, 0.3) is 5.89 Å². The predicted molar refractivity (Wildman–Crippen MR) is 73.8 cm³/mol. The molecule has 0 fully saturated rings. The molecule has 0 saturated carbocycles. The molecule has 0 aliphatic carbocycles. The fourth-order valence-corrected chi connectivity index (χ4v) is 1.94. The molecule has 1 unspecified atom stereocenters. The summed E-state index contributed by atoms with van der Waals surface area (Å²) in [6, 6.07) is 5.21. The number of nitrogens with two attached hydrogens (primary N) is 1. The maximum atomic E-state index is 5.97. The molecule has 2 aromatic rings. The van der Waals surface area contributed by atoms with E-state index in [1.54, 1.807) is 25.3 Å². The molecule has 0 amide bonds. The van der Waals surface area contributed by atoms with Crippen molar-refractivity contribution in [2.45, 2.75) is 25.9 Å². The van der Waals surface area contributed by atoms with Gasteiger partial charge in [-0.05, 0) is 24.6 Å². The van der Waals surface area contributed by atoms with Crippen molar-refractivity contribution in [1.29, 1.82) is 0 Å². The van der Waals surface area contributed by atoms with E-state index in [1.165, 1.54) is 0 Å². The van der Waals surface area contributed by atoms with Crippen LogP contribution in [0.25, 0.3) is 11.5 Å². The number of anilines is 1. The second-order valence-corrected chi connectivity index (χ2v) is 4.61. The average molecular weight is 282 g/mol. The third-order valence-corrected chi connectivity index (χ3v) is 3.14. The Balaban J connectivity index is 2.27. The smallest absolute Gasteiger partial charge is 0.258 e. The van der Waals surface area contributed by atoms with E-state index >= 15 is 0 Å². The quantitative estimate of drug-likeness (QED) is 0.850. The van der Waals surface area contributed by atoms with Gasteiger partial charge in [-0.25, -0.2) is 0 Å². The number of hydrogen-bond acceptors (Lipinski definition) is 5. The first-order chi connectivity index (χ1) is 9.15. The molecule has 5 nitrogen and oxygen atoms in total. The van der Waals surface area contributed by atoms with E-state index in [-0.39, 0.29) is 6.10 Å². The number of methoxy groups -OCH3 is 1. The van der Waals surface area contributed by atoms with E-state index in [0.29, 0.717) is 22.4 Å². The minimum atomic E-state index is -0.147. The molecule has 0 aliphatic heterocycles. The van der Waals surface area contributed by atoms with Crippen molar-refractivity contribution in [2.75, 3.05) is 12.8 Å². The molecule has 1 aromatic heterocycles. The van der Waals surface area contributed by atoms with Crippen LogP contribution < -0.4 is 5.73 Å². The molecule has 2 rings (SSSR count). The van der Waals surface area contributed by atoms with Gasteiger partial charge in [0.05, 0.1) is 10.7 Å². The number of nitrogens with zero attached hydrogens (tertiary/aromatic N) is 2. The molecule has 102 valence electrons. The zero-order valence-corrected chi connectivity index (χ0v) is 11.6. The molecule has 1 aromatic carbocycles. The van der Waals surface area contributed by atoms with Crippen LogP contribution in [-0.4, -0.2) is 17.3 Å². The predicted octanol–water partition coefficient (Wildman–Crippen LogP) is 3.46. The van der Waals surface area contributed by atoms with Gasteiger partial charge in [-0.15, -0.1) is 0 Å². The average Bonchev–Trinajstić information content (AvgIpc) is 2.88. The molecular weight excluding hydrogens is 266 g/mol. The lowest BCUT2D eigenvalue weighted by Gasteiger charge is -2.08. The second-order valence-electron chi connectivity index (χ2n) is 4.21. The van der Waals surface area contributed by atoms with Gasteiger partial charge < -0.3 is 15.0 Å². The van der Waals surface area contributed by atoms with Crippen molar-refractivity contribution in [2.24, 2.45) is 0 Å². The number of rotatable bonds is 5. The molecule has 2 N–H and O–H groups in total. The van der Waals surface area contributed by atoms with Crippen molar-refractivity contribution >= 4 is 17.3 Å². The van der Waals surface area contributed by atoms with Gasteiger partial charge in [0.1, 0.15) is 6.10 Å². The Labute approximate surface area is 116 Å². The summed E-state index contributed by atoms with van der Waals surface area (Å²) in [5, 5.41) is 4.42. The number of hydrogen-bond donors (Lipinski definition) is 1. The highest BCUT2D eigenvalue weighted by molar-refractivity contribution is 6.33. The van der Waals surface area contributed by atoms with Crippen LogP contribution in [0.3, 0.4) is 0 Å². The van der Waals surface area contributed by atoms with Crippen molar-refractivity contribution in [3.63, 3.8) is 0 Å². The van der Waals surface area contributed by atoms with E-state index in [4.69, 9.17) is 26.6 Å². The van der Waals surface area contributed by atoms with Gasteiger partial charge in [0, 0.05) is 12.7 Å². The summed E-state index contributed by atoms with van der Waals surface area (Å²) in [5.41, 5.74) is 6.92. The van der Waals surface area contributed by atoms with Crippen LogP contribution in [0.5, 0.6) is 0 Å². The van der Waals surface area contributed by atoms with Gasteiger partial charge in [-0.2, -0.15) is 4.98 Å². The van der Waals surface area contributed by atoms with Gasteiger partial charge in [-0.3, -0.25) is 0 Å². The Hall–Kier alpha value is -1.59. The van der Waals surface area contributed by atoms with Crippen molar-refractivity contribution in [3.05, 3.63) is 29.0 Å². The number of benzene rings is 1. The Morgan fingerprint density at radius 3 is 2.89 bits per heavy atom. The number of nitrogen functional groups attached to an aromatic ring is 1. The number of ether oxygens (including phenoxy) is 1. The first-order valence-corrected chi connectivity index (χ1v) is 6.45. The van der Waals surface area contributed by atoms with Crippen LogP contribution in [0.1, 0.15) is 31.7 Å². The van der Waals surface area contributed by atoms with Crippen LogP contribution in [0.15, 0.2) is 22.7 Å². The Bertz CT molecular complexity index is 557. The molecule has 0 aliphatic rings. The third-order valence-electron chi connectivity index (χ3n) is 2.81. The van der Waals surface area contributed by atoms with E-state index in [0.717, 1.165) is 18.4 Å². The molecule has 6 heteroatoms. The summed E-state index contributed by atoms with van der Waals surface area (Å²) in [4.78, 5) is 4.34. The molecule has 0 radical (unpaired) electrons. The second kappa shape index (κ2) is 6.04. The van der Waals surface area contributed by atoms with Crippen LogP contribution in [0.2, 0.25) is 5.02 Å². The summed E-state index contributed by atoms with van der Waals surface area (Å²) in [6.07, 6.45) is 1.68. The van der Waals surface area contributed by atoms with Gasteiger partial charge >= 0.3 is 0 Å². The number of aromatic nitrogens is 2. The van der Waals surface area contributed by atoms with E-state index < -0.39 is 0 Å². The first-order valence-electron chi connectivity index (χ1n) is 6.07. The molecule has 0 spiro atoms. The highest BCUT2D eigenvalue weighted by Gasteiger charge is 2.18. The molecule has 1 atom stereocenters. The topological polar surface area (TPSA) is 74.2 Å². The van der Waals surface area contributed by atoms with Crippen LogP contribution in [0, 0.1) is 0 Å². The van der Waals surface area contributed by atoms with Crippen LogP contribution in [0.4, 0.5) is 5.69 Å². The molecule has 0 bridgehead atoms. The summed E-state index contributed by atoms with van der Waals surface area (Å²) < 4.78 is 10.6. The standard InChI is InChI=1S/C13H16ClN3O2/c1-3-4-11(18-2)12-16-13(19-17-12)8-5-6-10(15)9(14)7-8/h5-7,11H,3-4,15H2,1-2H3. The number of halogens is 1. The summed E-state index contributed by atoms with van der Waals surface area (Å²) >= 11 is 5.97. The lowest BCUT2D eigenvalue weighted by molar-refractivity contribution is 0.0854. The minimum Gasteiger partial charge on any atom is -0.398 e. The van der Waals surface area contributed by atoms with Crippen molar-refractivity contribution < 1.29 is 9.26 Å². The first kappa shape index (κ1) is 13.8. The van der Waals surface area contributed by atoms with Gasteiger partial charge in [0.15, 0.2) is 0 Å². The molecule has 0 saturated heterocycles. The fourth-order valence-electron chi connectivity index (χ4n) is 1.76. The van der Waals surface area contributed by atoms with Gasteiger partial charge in [-0.1, -0.05) is 30.1 Å². The monoisotopic (exact) mass is 281 g/mol. The Morgan fingerprint density at radius 2 is 2.26 bits per heavy atom. The van der Waals surface area contributed by atoms with E-state index in [9.17, 15) is 0 Å². The largest absolute Gasteiger partial charge is 0.398 e. The summed E-state index contributed by atoms with van der Waals surface area (Å²) in [7, 11) is 1.64. The third kappa shape index (κ3) is 3.05. The van der Waals surface area contributed by atoms with E-state index in [1.807, 2.05) is 0 Å². The highest BCUT2D eigenvalue weighted by atomic mass is 35.5. The zero-order chi connectivity index (χ0) is 13.8.